The quantitative estimate of drug-likeness (QED) is 0.358. The number of amides is 1. The molecule has 1 amide bonds. The first kappa shape index (κ1) is 22.4. The van der Waals surface area contributed by atoms with E-state index in [0.717, 1.165) is 17.2 Å². The number of nitrogens with one attached hydrogen (secondary N) is 1. The van der Waals surface area contributed by atoms with Crippen molar-refractivity contribution in [1.29, 1.82) is 0 Å². The maximum Gasteiger partial charge on any atom is 0.234 e. The molecule has 0 aliphatic rings. The maximum atomic E-state index is 12.5. The maximum absolute atomic E-state index is 12.5. The summed E-state index contributed by atoms with van der Waals surface area (Å²) in [5.41, 5.74) is 2.78. The SMILES string of the molecule is COc1ccc(NC(=O)CSc2nnc(COc3ccc(C)cc3)n2-c2ccccc2)cc1. The number of methoxy groups -OCH3 is 1. The number of carbonyl (C=O) groups is 1. The topological polar surface area (TPSA) is 78.3 Å². The van der Waals surface area contributed by atoms with Gasteiger partial charge >= 0.3 is 0 Å². The summed E-state index contributed by atoms with van der Waals surface area (Å²) in [4.78, 5) is 12.5. The lowest BCUT2D eigenvalue weighted by atomic mass is 10.2. The number of anilines is 1. The fourth-order valence-corrected chi connectivity index (χ4v) is 3.88. The van der Waals surface area contributed by atoms with Crippen molar-refractivity contribution < 1.29 is 14.3 Å². The normalized spacial score (nSPS) is 10.6. The summed E-state index contributed by atoms with van der Waals surface area (Å²) in [6.45, 7) is 2.29. The third kappa shape index (κ3) is 5.93. The molecular formula is C25H24N4O3S. The first-order valence-electron chi connectivity index (χ1n) is 10.4. The minimum atomic E-state index is -0.134. The standard InChI is InChI=1S/C25H24N4O3S/c1-18-8-12-22(13-9-18)32-16-23-27-28-25(29(23)20-6-4-3-5-7-20)33-17-24(30)26-19-10-14-21(31-2)15-11-19/h3-15H,16-17H2,1-2H3,(H,26,30). The molecule has 33 heavy (non-hydrogen) atoms. The van der Waals surface area contributed by atoms with Gasteiger partial charge in [0.1, 0.15) is 18.1 Å². The molecule has 0 aliphatic heterocycles. The van der Waals surface area contributed by atoms with Crippen LogP contribution < -0.4 is 14.8 Å². The van der Waals surface area contributed by atoms with E-state index in [0.29, 0.717) is 16.7 Å². The highest BCUT2D eigenvalue weighted by atomic mass is 32.2. The molecule has 0 saturated heterocycles. The van der Waals surface area contributed by atoms with E-state index in [9.17, 15) is 4.79 Å². The number of ether oxygens (including phenoxy) is 2. The molecule has 8 heteroatoms. The molecule has 4 rings (SSSR count). The predicted molar refractivity (Wildman–Crippen MR) is 129 cm³/mol. The van der Waals surface area contributed by atoms with Crippen LogP contribution in [0.2, 0.25) is 0 Å². The fourth-order valence-electron chi connectivity index (χ4n) is 3.11. The highest BCUT2D eigenvalue weighted by Gasteiger charge is 2.16. The Hall–Kier alpha value is -3.78. The molecule has 3 aromatic carbocycles. The molecule has 168 valence electrons. The van der Waals surface area contributed by atoms with Crippen LogP contribution in [-0.2, 0) is 11.4 Å². The Morgan fingerprint density at radius 3 is 2.33 bits per heavy atom. The van der Waals surface area contributed by atoms with Crippen molar-refractivity contribution in [3.63, 3.8) is 0 Å². The summed E-state index contributed by atoms with van der Waals surface area (Å²) < 4.78 is 13.0. The summed E-state index contributed by atoms with van der Waals surface area (Å²) >= 11 is 1.32. The zero-order valence-corrected chi connectivity index (χ0v) is 19.2. The zero-order valence-electron chi connectivity index (χ0n) is 18.4. The smallest absolute Gasteiger partial charge is 0.234 e. The van der Waals surface area contributed by atoms with E-state index in [1.54, 1.807) is 31.4 Å². The van der Waals surface area contributed by atoms with Gasteiger partial charge in [0.2, 0.25) is 5.91 Å². The summed E-state index contributed by atoms with van der Waals surface area (Å²) in [5, 5.41) is 12.1. The molecule has 0 unspecified atom stereocenters. The van der Waals surface area contributed by atoms with Gasteiger partial charge < -0.3 is 14.8 Å². The molecule has 1 aromatic heterocycles. The van der Waals surface area contributed by atoms with E-state index < -0.39 is 0 Å². The number of benzene rings is 3. The third-order valence-corrected chi connectivity index (χ3v) is 5.74. The molecule has 4 aromatic rings. The lowest BCUT2D eigenvalue weighted by Crippen LogP contribution is -2.14. The molecule has 0 aliphatic carbocycles. The van der Waals surface area contributed by atoms with E-state index in [-0.39, 0.29) is 18.3 Å². The van der Waals surface area contributed by atoms with E-state index in [1.807, 2.05) is 66.1 Å². The molecule has 0 saturated carbocycles. The Balaban J connectivity index is 1.46. The van der Waals surface area contributed by atoms with E-state index >= 15 is 0 Å². The Kier molecular flexibility index (Phi) is 7.26. The van der Waals surface area contributed by atoms with Crippen LogP contribution in [0.3, 0.4) is 0 Å². The minimum Gasteiger partial charge on any atom is -0.497 e. The number of thioether (sulfide) groups is 1. The van der Waals surface area contributed by atoms with Crippen LogP contribution in [0.5, 0.6) is 11.5 Å². The van der Waals surface area contributed by atoms with Gasteiger partial charge in [-0.1, -0.05) is 47.7 Å². The second-order valence-electron chi connectivity index (χ2n) is 7.24. The van der Waals surface area contributed by atoms with Crippen molar-refractivity contribution in [3.05, 3.63) is 90.3 Å². The lowest BCUT2D eigenvalue weighted by molar-refractivity contribution is -0.113. The van der Waals surface area contributed by atoms with Gasteiger partial charge in [-0.25, -0.2) is 0 Å². The van der Waals surface area contributed by atoms with Gasteiger partial charge in [-0.05, 0) is 55.5 Å². The highest BCUT2D eigenvalue weighted by molar-refractivity contribution is 7.99. The Morgan fingerprint density at radius 1 is 0.939 bits per heavy atom. The number of rotatable bonds is 9. The van der Waals surface area contributed by atoms with Gasteiger partial charge in [0.05, 0.1) is 12.9 Å². The van der Waals surface area contributed by atoms with Crippen LogP contribution in [-0.4, -0.2) is 33.5 Å². The molecule has 0 radical (unpaired) electrons. The highest BCUT2D eigenvalue weighted by Crippen LogP contribution is 2.24. The number of carbonyl (C=O) groups excluding carboxylic acids is 1. The predicted octanol–water partition coefficient (Wildman–Crippen LogP) is 4.89. The van der Waals surface area contributed by atoms with Crippen LogP contribution in [0.4, 0.5) is 5.69 Å². The van der Waals surface area contributed by atoms with Gasteiger partial charge in [0.25, 0.3) is 0 Å². The van der Waals surface area contributed by atoms with Crippen molar-refractivity contribution >= 4 is 23.4 Å². The summed E-state index contributed by atoms with van der Waals surface area (Å²) in [7, 11) is 1.60. The first-order chi connectivity index (χ1) is 16.1. The average molecular weight is 461 g/mol. The molecule has 0 atom stereocenters. The van der Waals surface area contributed by atoms with Crippen LogP contribution in [0.1, 0.15) is 11.4 Å². The number of para-hydroxylation sites is 1. The van der Waals surface area contributed by atoms with Crippen LogP contribution >= 0.6 is 11.8 Å². The van der Waals surface area contributed by atoms with E-state index in [2.05, 4.69) is 15.5 Å². The second kappa shape index (κ2) is 10.7. The van der Waals surface area contributed by atoms with Crippen molar-refractivity contribution in [2.24, 2.45) is 0 Å². The minimum absolute atomic E-state index is 0.134. The average Bonchev–Trinajstić information content (AvgIpc) is 3.26. The van der Waals surface area contributed by atoms with Crippen LogP contribution in [0.25, 0.3) is 5.69 Å². The van der Waals surface area contributed by atoms with E-state index in [1.165, 1.54) is 17.3 Å². The fraction of sp³-hybridized carbons (Fsp3) is 0.160. The van der Waals surface area contributed by atoms with Crippen molar-refractivity contribution in [3.8, 4) is 17.2 Å². The summed E-state index contributed by atoms with van der Waals surface area (Å²) in [5.74, 6) is 2.20. The molecule has 1 N–H and O–H groups in total. The molecule has 0 bridgehead atoms. The Morgan fingerprint density at radius 2 is 1.64 bits per heavy atom. The number of hydrogen-bond donors (Lipinski definition) is 1. The molecule has 7 nitrogen and oxygen atoms in total. The number of nitrogens with zero attached hydrogens (tertiary/aromatic N) is 3. The van der Waals surface area contributed by atoms with Gasteiger partial charge in [0.15, 0.2) is 11.0 Å². The lowest BCUT2D eigenvalue weighted by Gasteiger charge is -2.11. The van der Waals surface area contributed by atoms with Crippen LogP contribution in [0, 0.1) is 6.92 Å². The van der Waals surface area contributed by atoms with Crippen LogP contribution in [0.15, 0.2) is 84.0 Å². The van der Waals surface area contributed by atoms with Crippen molar-refractivity contribution in [1.82, 2.24) is 14.8 Å². The number of aryl methyl sites for hydroxylation is 1. The van der Waals surface area contributed by atoms with E-state index in [4.69, 9.17) is 9.47 Å². The Labute approximate surface area is 196 Å². The molecular weight excluding hydrogens is 436 g/mol. The van der Waals surface area contributed by atoms with Gasteiger partial charge in [0, 0.05) is 11.4 Å². The molecule has 1 heterocycles. The first-order valence-corrected chi connectivity index (χ1v) is 11.4. The summed E-state index contributed by atoms with van der Waals surface area (Å²) in [6.07, 6.45) is 0. The second-order valence-corrected chi connectivity index (χ2v) is 8.18. The zero-order chi connectivity index (χ0) is 23.0. The third-order valence-electron chi connectivity index (χ3n) is 4.81. The molecule has 0 fully saturated rings. The monoisotopic (exact) mass is 460 g/mol. The Bertz CT molecular complexity index is 1190. The molecule has 0 spiro atoms. The van der Waals surface area contributed by atoms with Crippen molar-refractivity contribution in [2.75, 3.05) is 18.2 Å². The summed E-state index contributed by atoms with van der Waals surface area (Å²) in [6, 6.07) is 24.9. The van der Waals surface area contributed by atoms with Gasteiger partial charge in [-0.2, -0.15) is 0 Å². The largest absolute Gasteiger partial charge is 0.497 e. The van der Waals surface area contributed by atoms with Gasteiger partial charge in [-0.15, -0.1) is 10.2 Å². The van der Waals surface area contributed by atoms with Crippen molar-refractivity contribution in [2.45, 2.75) is 18.7 Å². The number of hydrogen-bond acceptors (Lipinski definition) is 6. The van der Waals surface area contributed by atoms with Gasteiger partial charge in [-0.3, -0.25) is 9.36 Å². The number of aromatic nitrogens is 3.